The molecular weight excluding hydrogens is 385 g/mol. The average molecular weight is 407 g/mol. The SMILES string of the molecule is CN=C(N)c1ccc(OC)c(OCc2ccc(CN)cc2Cl)c1.Cl.Cl. The van der Waals surface area contributed by atoms with Crippen molar-refractivity contribution >= 4 is 42.3 Å². The van der Waals surface area contributed by atoms with Crippen molar-refractivity contribution in [2.45, 2.75) is 13.2 Å². The number of nitrogens with two attached hydrogens (primary N) is 2. The van der Waals surface area contributed by atoms with E-state index >= 15 is 0 Å². The van der Waals surface area contributed by atoms with Gasteiger partial charge in [-0.05, 0) is 29.8 Å². The first-order chi connectivity index (χ1) is 11.1. The summed E-state index contributed by atoms with van der Waals surface area (Å²) in [5.41, 5.74) is 14.1. The summed E-state index contributed by atoms with van der Waals surface area (Å²) in [4.78, 5) is 3.97. The van der Waals surface area contributed by atoms with Crippen LogP contribution in [0.15, 0.2) is 41.4 Å². The van der Waals surface area contributed by atoms with E-state index in [0.717, 1.165) is 16.7 Å². The van der Waals surface area contributed by atoms with E-state index in [1.54, 1.807) is 26.3 Å². The van der Waals surface area contributed by atoms with Gasteiger partial charge in [0.05, 0.1) is 7.11 Å². The van der Waals surface area contributed by atoms with Crippen LogP contribution >= 0.6 is 36.4 Å². The fourth-order valence-electron chi connectivity index (χ4n) is 2.07. The Balaban J connectivity index is 0.00000288. The molecule has 0 radical (unpaired) electrons. The Labute approximate surface area is 165 Å². The van der Waals surface area contributed by atoms with Gasteiger partial charge in [0.15, 0.2) is 11.5 Å². The minimum Gasteiger partial charge on any atom is -0.493 e. The van der Waals surface area contributed by atoms with Crippen LogP contribution in [0.1, 0.15) is 16.7 Å². The Morgan fingerprint density at radius 3 is 2.40 bits per heavy atom. The molecule has 0 atom stereocenters. The molecule has 0 saturated heterocycles. The van der Waals surface area contributed by atoms with E-state index in [9.17, 15) is 0 Å². The molecule has 2 aromatic rings. The molecular formula is C17H22Cl3N3O2. The number of nitrogens with zero attached hydrogens (tertiary/aromatic N) is 1. The van der Waals surface area contributed by atoms with Crippen LogP contribution < -0.4 is 20.9 Å². The summed E-state index contributed by atoms with van der Waals surface area (Å²) >= 11 is 6.25. The van der Waals surface area contributed by atoms with Crippen LogP contribution in [0.2, 0.25) is 5.02 Å². The van der Waals surface area contributed by atoms with Gasteiger partial charge in [0, 0.05) is 29.7 Å². The van der Waals surface area contributed by atoms with E-state index < -0.39 is 0 Å². The number of hydrogen-bond acceptors (Lipinski definition) is 4. The smallest absolute Gasteiger partial charge is 0.162 e. The summed E-state index contributed by atoms with van der Waals surface area (Å²) < 4.78 is 11.2. The summed E-state index contributed by atoms with van der Waals surface area (Å²) in [6.45, 7) is 0.763. The molecule has 25 heavy (non-hydrogen) atoms. The number of aliphatic imine (C=N–C) groups is 1. The maximum Gasteiger partial charge on any atom is 0.162 e. The Morgan fingerprint density at radius 2 is 1.84 bits per heavy atom. The predicted molar refractivity (Wildman–Crippen MR) is 108 cm³/mol. The Morgan fingerprint density at radius 1 is 1.12 bits per heavy atom. The monoisotopic (exact) mass is 405 g/mol. The molecule has 8 heteroatoms. The third-order valence-electron chi connectivity index (χ3n) is 3.44. The third-order valence-corrected chi connectivity index (χ3v) is 3.79. The number of hydrogen-bond donors (Lipinski definition) is 2. The van der Waals surface area contributed by atoms with E-state index in [1.165, 1.54) is 0 Å². The predicted octanol–water partition coefficient (Wildman–Crippen LogP) is 3.57. The number of amidine groups is 1. The van der Waals surface area contributed by atoms with Crippen molar-refractivity contribution in [2.75, 3.05) is 14.2 Å². The zero-order valence-corrected chi connectivity index (χ0v) is 16.4. The Kier molecular flexibility index (Phi) is 10.3. The summed E-state index contributed by atoms with van der Waals surface area (Å²) in [6, 6.07) is 11.1. The molecule has 0 aliphatic heterocycles. The molecule has 0 aromatic heterocycles. The average Bonchev–Trinajstić information content (AvgIpc) is 2.59. The first kappa shape index (κ1) is 23.3. The van der Waals surface area contributed by atoms with Crippen LogP contribution in [0.5, 0.6) is 11.5 Å². The second-order valence-electron chi connectivity index (χ2n) is 4.89. The van der Waals surface area contributed by atoms with Crippen molar-refractivity contribution in [1.29, 1.82) is 0 Å². The number of benzene rings is 2. The highest BCUT2D eigenvalue weighted by atomic mass is 35.5. The lowest BCUT2D eigenvalue weighted by Gasteiger charge is -2.13. The number of rotatable bonds is 6. The van der Waals surface area contributed by atoms with Gasteiger partial charge in [-0.2, -0.15) is 0 Å². The molecule has 2 rings (SSSR count). The molecule has 2 aromatic carbocycles. The van der Waals surface area contributed by atoms with Crippen LogP contribution in [-0.4, -0.2) is 20.0 Å². The molecule has 5 nitrogen and oxygen atoms in total. The standard InChI is InChI=1S/C17H20ClN3O2.2ClH/c1-21-17(20)12-5-6-15(22-2)16(8-12)23-10-13-4-3-11(9-19)7-14(13)18;;/h3-8H,9-10,19H2,1-2H3,(H2,20,21);2*1H. The van der Waals surface area contributed by atoms with Gasteiger partial charge in [-0.15, -0.1) is 24.8 Å². The highest BCUT2D eigenvalue weighted by Gasteiger charge is 2.09. The van der Waals surface area contributed by atoms with Crippen LogP contribution in [-0.2, 0) is 13.2 Å². The normalized spacial score (nSPS) is 10.5. The highest BCUT2D eigenvalue weighted by molar-refractivity contribution is 6.31. The fourth-order valence-corrected chi connectivity index (χ4v) is 2.33. The van der Waals surface area contributed by atoms with Crippen LogP contribution in [0, 0.1) is 0 Å². The fraction of sp³-hybridized carbons (Fsp3) is 0.235. The van der Waals surface area contributed by atoms with E-state index in [-0.39, 0.29) is 24.8 Å². The molecule has 0 spiro atoms. The summed E-state index contributed by atoms with van der Waals surface area (Å²) in [5, 5.41) is 0.623. The van der Waals surface area contributed by atoms with Crippen LogP contribution in [0.3, 0.4) is 0 Å². The third kappa shape index (κ3) is 5.97. The number of methoxy groups -OCH3 is 1. The van der Waals surface area contributed by atoms with Crippen molar-refractivity contribution in [3.8, 4) is 11.5 Å². The molecule has 0 aliphatic carbocycles. The van der Waals surface area contributed by atoms with Crippen LogP contribution in [0.25, 0.3) is 0 Å². The zero-order valence-electron chi connectivity index (χ0n) is 14.0. The van der Waals surface area contributed by atoms with E-state index in [2.05, 4.69) is 4.99 Å². The van der Waals surface area contributed by atoms with Crippen molar-refractivity contribution in [3.63, 3.8) is 0 Å². The van der Waals surface area contributed by atoms with Crippen molar-refractivity contribution < 1.29 is 9.47 Å². The minimum absolute atomic E-state index is 0. The first-order valence-electron chi connectivity index (χ1n) is 7.10. The maximum absolute atomic E-state index is 6.25. The van der Waals surface area contributed by atoms with Crippen molar-refractivity contribution in [1.82, 2.24) is 0 Å². The van der Waals surface area contributed by atoms with Gasteiger partial charge in [0.1, 0.15) is 12.4 Å². The van der Waals surface area contributed by atoms with Gasteiger partial charge in [-0.25, -0.2) is 0 Å². The lowest BCUT2D eigenvalue weighted by Crippen LogP contribution is -2.13. The second kappa shape index (κ2) is 11.1. The molecule has 0 fully saturated rings. The van der Waals surface area contributed by atoms with E-state index in [0.29, 0.717) is 35.5 Å². The van der Waals surface area contributed by atoms with Gasteiger partial charge in [-0.1, -0.05) is 23.7 Å². The molecule has 0 amide bonds. The van der Waals surface area contributed by atoms with Gasteiger partial charge in [0.2, 0.25) is 0 Å². The second-order valence-corrected chi connectivity index (χ2v) is 5.30. The summed E-state index contributed by atoms with van der Waals surface area (Å²) in [6.07, 6.45) is 0. The molecule has 0 heterocycles. The van der Waals surface area contributed by atoms with Crippen LogP contribution in [0.4, 0.5) is 0 Å². The van der Waals surface area contributed by atoms with Gasteiger partial charge < -0.3 is 20.9 Å². The summed E-state index contributed by atoms with van der Waals surface area (Å²) in [7, 11) is 3.22. The first-order valence-corrected chi connectivity index (χ1v) is 7.47. The van der Waals surface area contributed by atoms with E-state index in [4.69, 9.17) is 32.5 Å². The van der Waals surface area contributed by atoms with E-state index in [1.807, 2.05) is 24.3 Å². The lowest BCUT2D eigenvalue weighted by atomic mass is 10.1. The number of halogens is 3. The van der Waals surface area contributed by atoms with Gasteiger partial charge in [0.25, 0.3) is 0 Å². The van der Waals surface area contributed by atoms with Gasteiger partial charge in [-0.3, -0.25) is 4.99 Å². The largest absolute Gasteiger partial charge is 0.493 e. The zero-order chi connectivity index (χ0) is 16.8. The number of ether oxygens (including phenoxy) is 2. The van der Waals surface area contributed by atoms with Crippen molar-refractivity contribution in [3.05, 3.63) is 58.1 Å². The Hall–Kier alpha value is -1.66. The highest BCUT2D eigenvalue weighted by Crippen LogP contribution is 2.29. The molecule has 0 bridgehead atoms. The molecule has 0 saturated carbocycles. The summed E-state index contributed by atoms with van der Waals surface area (Å²) in [5.74, 6) is 1.63. The molecule has 4 N–H and O–H groups in total. The van der Waals surface area contributed by atoms with Crippen molar-refractivity contribution in [2.24, 2.45) is 16.5 Å². The van der Waals surface area contributed by atoms with Gasteiger partial charge >= 0.3 is 0 Å². The Bertz CT molecular complexity index is 724. The minimum atomic E-state index is 0. The molecule has 0 aliphatic rings. The molecule has 138 valence electrons. The lowest BCUT2D eigenvalue weighted by molar-refractivity contribution is 0.284. The maximum atomic E-state index is 6.25. The molecule has 0 unspecified atom stereocenters. The topological polar surface area (TPSA) is 82.9 Å². The quantitative estimate of drug-likeness (QED) is 0.567.